The van der Waals surface area contributed by atoms with Gasteiger partial charge in [0, 0.05) is 30.8 Å². The number of piperidine rings is 1. The lowest BCUT2D eigenvalue weighted by atomic mass is 9.88. The molecule has 2 aromatic carbocycles. The Bertz CT molecular complexity index is 1010. The van der Waals surface area contributed by atoms with Crippen LogP contribution < -0.4 is 15.4 Å². The molecule has 7 heteroatoms. The molecule has 2 N–H and O–H groups in total. The van der Waals surface area contributed by atoms with Crippen molar-refractivity contribution in [3.05, 3.63) is 77.9 Å². The fourth-order valence-corrected chi connectivity index (χ4v) is 4.07. The Morgan fingerprint density at radius 1 is 1.12 bits per heavy atom. The van der Waals surface area contributed by atoms with Gasteiger partial charge in [-0.2, -0.15) is 0 Å². The Morgan fingerprint density at radius 3 is 2.48 bits per heavy atom. The van der Waals surface area contributed by atoms with Gasteiger partial charge in [0.15, 0.2) is 0 Å². The normalized spacial score (nSPS) is 14.8. The van der Waals surface area contributed by atoms with Crippen LogP contribution in [0.5, 0.6) is 5.75 Å². The van der Waals surface area contributed by atoms with E-state index in [1.807, 2.05) is 19.1 Å². The standard InChI is InChI=1S/C26H31N3O4/c1-4-13-27-25(31)23(28-24(30)20-8-5-7-18(2)16-20)19-11-14-29(15-12-19)26(32)21-9-6-10-22(17-21)33-3/h4-10,16-17,19,23H,1,11-15H2,2-3H3,(H,27,31)(H,28,30)/t23-/m0/s1. The first-order valence-electron chi connectivity index (χ1n) is 11.1. The Morgan fingerprint density at radius 2 is 1.82 bits per heavy atom. The van der Waals surface area contributed by atoms with E-state index < -0.39 is 6.04 Å². The van der Waals surface area contributed by atoms with Gasteiger partial charge < -0.3 is 20.3 Å². The quantitative estimate of drug-likeness (QED) is 0.607. The van der Waals surface area contributed by atoms with Crippen LogP contribution in [0, 0.1) is 12.8 Å². The number of aryl methyl sites for hydroxylation is 1. The molecule has 2 aromatic rings. The summed E-state index contributed by atoms with van der Waals surface area (Å²) in [5.41, 5.74) is 2.06. The van der Waals surface area contributed by atoms with Gasteiger partial charge in [0.2, 0.25) is 5.91 Å². The average molecular weight is 450 g/mol. The van der Waals surface area contributed by atoms with Crippen molar-refractivity contribution in [1.29, 1.82) is 0 Å². The minimum atomic E-state index is -0.688. The third-order valence-electron chi connectivity index (χ3n) is 5.88. The fraction of sp³-hybridized carbons (Fsp3) is 0.346. The molecule has 174 valence electrons. The predicted molar refractivity (Wildman–Crippen MR) is 127 cm³/mol. The molecule has 1 fully saturated rings. The van der Waals surface area contributed by atoms with Gasteiger partial charge in [-0.05, 0) is 56.0 Å². The summed E-state index contributed by atoms with van der Waals surface area (Å²) in [5.74, 6) is -0.0453. The highest BCUT2D eigenvalue weighted by molar-refractivity contribution is 5.98. The van der Waals surface area contributed by atoms with Crippen LogP contribution in [-0.4, -0.2) is 55.4 Å². The van der Waals surface area contributed by atoms with Crippen molar-refractivity contribution in [2.45, 2.75) is 25.8 Å². The minimum absolute atomic E-state index is 0.0659. The molecule has 1 atom stereocenters. The molecule has 1 aliphatic heterocycles. The molecule has 33 heavy (non-hydrogen) atoms. The maximum atomic E-state index is 12.9. The van der Waals surface area contributed by atoms with Crippen LogP contribution in [0.4, 0.5) is 0 Å². The Hall–Kier alpha value is -3.61. The SMILES string of the molecule is C=CCNC(=O)[C@@H](NC(=O)c1cccc(C)c1)C1CCN(C(=O)c2cccc(OC)c2)CC1. The lowest BCUT2D eigenvalue weighted by molar-refractivity contribution is -0.124. The highest BCUT2D eigenvalue weighted by Gasteiger charge is 2.34. The van der Waals surface area contributed by atoms with Crippen molar-refractivity contribution in [1.82, 2.24) is 15.5 Å². The van der Waals surface area contributed by atoms with Crippen LogP contribution in [0.2, 0.25) is 0 Å². The van der Waals surface area contributed by atoms with Gasteiger partial charge in [-0.15, -0.1) is 6.58 Å². The number of carbonyl (C=O) groups is 3. The molecule has 1 aliphatic rings. The number of likely N-dealkylation sites (tertiary alicyclic amines) is 1. The van der Waals surface area contributed by atoms with Crippen LogP contribution in [0.1, 0.15) is 39.1 Å². The number of hydrogen-bond acceptors (Lipinski definition) is 4. The molecule has 3 rings (SSSR count). The molecule has 0 aliphatic carbocycles. The predicted octanol–water partition coefficient (Wildman–Crippen LogP) is 2.96. The molecule has 0 saturated carbocycles. The van der Waals surface area contributed by atoms with Gasteiger partial charge in [0.05, 0.1) is 7.11 Å². The van der Waals surface area contributed by atoms with Gasteiger partial charge in [-0.1, -0.05) is 29.8 Å². The molecule has 0 bridgehead atoms. The van der Waals surface area contributed by atoms with Gasteiger partial charge in [-0.25, -0.2) is 0 Å². The van der Waals surface area contributed by atoms with E-state index in [0.29, 0.717) is 49.4 Å². The zero-order valence-electron chi connectivity index (χ0n) is 19.2. The highest BCUT2D eigenvalue weighted by Crippen LogP contribution is 2.24. The second-order valence-corrected chi connectivity index (χ2v) is 8.22. The number of amides is 3. The van der Waals surface area contributed by atoms with Crippen molar-refractivity contribution in [2.75, 3.05) is 26.7 Å². The molecule has 3 amide bonds. The van der Waals surface area contributed by atoms with E-state index in [1.54, 1.807) is 54.5 Å². The van der Waals surface area contributed by atoms with E-state index in [0.717, 1.165) is 5.56 Å². The lowest BCUT2D eigenvalue weighted by Gasteiger charge is -2.36. The summed E-state index contributed by atoms with van der Waals surface area (Å²) in [6.07, 6.45) is 2.82. The molecular weight excluding hydrogens is 418 g/mol. The van der Waals surface area contributed by atoms with Crippen LogP contribution in [0.25, 0.3) is 0 Å². The molecule has 0 aromatic heterocycles. The third kappa shape index (κ3) is 6.22. The number of carbonyl (C=O) groups excluding carboxylic acids is 3. The Kier molecular flexibility index (Phi) is 8.24. The van der Waals surface area contributed by atoms with E-state index in [2.05, 4.69) is 17.2 Å². The van der Waals surface area contributed by atoms with Crippen molar-refractivity contribution < 1.29 is 19.1 Å². The van der Waals surface area contributed by atoms with Crippen molar-refractivity contribution in [3.8, 4) is 5.75 Å². The summed E-state index contributed by atoms with van der Waals surface area (Å²) in [6.45, 7) is 6.89. The molecule has 7 nitrogen and oxygen atoms in total. The number of rotatable bonds is 8. The average Bonchev–Trinajstić information content (AvgIpc) is 2.85. The van der Waals surface area contributed by atoms with Gasteiger partial charge in [0.1, 0.15) is 11.8 Å². The molecule has 0 radical (unpaired) electrons. The van der Waals surface area contributed by atoms with Crippen molar-refractivity contribution in [2.24, 2.45) is 5.92 Å². The van der Waals surface area contributed by atoms with E-state index in [9.17, 15) is 14.4 Å². The van der Waals surface area contributed by atoms with Gasteiger partial charge in [-0.3, -0.25) is 14.4 Å². The summed E-state index contributed by atoms with van der Waals surface area (Å²) in [6, 6.07) is 13.7. The maximum absolute atomic E-state index is 12.9. The summed E-state index contributed by atoms with van der Waals surface area (Å²) < 4.78 is 5.22. The molecule has 1 heterocycles. The van der Waals surface area contributed by atoms with Crippen molar-refractivity contribution in [3.63, 3.8) is 0 Å². The first-order chi connectivity index (χ1) is 15.9. The van der Waals surface area contributed by atoms with E-state index in [1.165, 1.54) is 0 Å². The fourth-order valence-electron chi connectivity index (χ4n) is 4.07. The molecule has 0 spiro atoms. The van der Waals surface area contributed by atoms with E-state index in [4.69, 9.17) is 4.74 Å². The minimum Gasteiger partial charge on any atom is -0.497 e. The number of nitrogens with zero attached hydrogens (tertiary/aromatic N) is 1. The number of ether oxygens (including phenoxy) is 1. The van der Waals surface area contributed by atoms with Crippen LogP contribution >= 0.6 is 0 Å². The first kappa shape index (κ1) is 24.0. The monoisotopic (exact) mass is 449 g/mol. The zero-order valence-corrected chi connectivity index (χ0v) is 19.2. The van der Waals surface area contributed by atoms with Crippen LogP contribution in [0.3, 0.4) is 0 Å². The number of nitrogens with one attached hydrogen (secondary N) is 2. The number of benzene rings is 2. The summed E-state index contributed by atoms with van der Waals surface area (Å²) in [4.78, 5) is 40.4. The second kappa shape index (κ2) is 11.3. The van der Waals surface area contributed by atoms with Crippen LogP contribution in [0.15, 0.2) is 61.2 Å². The van der Waals surface area contributed by atoms with E-state index >= 15 is 0 Å². The summed E-state index contributed by atoms with van der Waals surface area (Å²) in [7, 11) is 1.57. The highest BCUT2D eigenvalue weighted by atomic mass is 16.5. The van der Waals surface area contributed by atoms with Gasteiger partial charge >= 0.3 is 0 Å². The number of methoxy groups -OCH3 is 1. The van der Waals surface area contributed by atoms with Crippen molar-refractivity contribution >= 4 is 17.7 Å². The van der Waals surface area contributed by atoms with E-state index in [-0.39, 0.29) is 23.6 Å². The summed E-state index contributed by atoms with van der Waals surface area (Å²) in [5, 5.41) is 5.73. The van der Waals surface area contributed by atoms with Crippen LogP contribution in [-0.2, 0) is 4.79 Å². The molecular formula is C26H31N3O4. The topological polar surface area (TPSA) is 87.7 Å². The second-order valence-electron chi connectivity index (χ2n) is 8.22. The zero-order chi connectivity index (χ0) is 23.8. The summed E-state index contributed by atoms with van der Waals surface area (Å²) >= 11 is 0. The maximum Gasteiger partial charge on any atom is 0.253 e. The first-order valence-corrected chi connectivity index (χ1v) is 11.1. The Balaban J connectivity index is 1.69. The largest absolute Gasteiger partial charge is 0.497 e. The number of hydrogen-bond donors (Lipinski definition) is 2. The molecule has 1 saturated heterocycles. The van der Waals surface area contributed by atoms with Gasteiger partial charge in [0.25, 0.3) is 11.8 Å². The smallest absolute Gasteiger partial charge is 0.253 e. The molecule has 0 unspecified atom stereocenters. The lowest BCUT2D eigenvalue weighted by Crippen LogP contribution is -2.53. The third-order valence-corrected chi connectivity index (χ3v) is 5.88. The Labute approximate surface area is 194 Å².